The van der Waals surface area contributed by atoms with Crippen molar-refractivity contribution in [2.75, 3.05) is 0 Å². The first kappa shape index (κ1) is 28.7. The van der Waals surface area contributed by atoms with Crippen LogP contribution < -0.4 is 0 Å². The normalized spacial score (nSPS) is 11.5. The van der Waals surface area contributed by atoms with Gasteiger partial charge in [0.15, 0.2) is 11.1 Å². The molecule has 0 bridgehead atoms. The quantitative estimate of drug-likeness (QED) is 0.363. The van der Waals surface area contributed by atoms with Crippen molar-refractivity contribution in [1.29, 1.82) is 0 Å². The van der Waals surface area contributed by atoms with Gasteiger partial charge in [-0.05, 0) is 52.0 Å². The zero-order chi connectivity index (χ0) is 23.8. The van der Waals surface area contributed by atoms with E-state index >= 15 is 0 Å². The summed E-state index contributed by atoms with van der Waals surface area (Å²) in [5, 5.41) is 23.6. The smallest absolute Gasteiger partial charge is 0.434 e. The summed E-state index contributed by atoms with van der Waals surface area (Å²) in [7, 11) is 0. The second kappa shape index (κ2) is 16.4. The maximum atomic E-state index is 10.9. The van der Waals surface area contributed by atoms with Crippen molar-refractivity contribution in [2.45, 2.75) is 52.0 Å². The second-order valence-corrected chi connectivity index (χ2v) is 7.13. The van der Waals surface area contributed by atoms with Crippen molar-refractivity contribution in [3.63, 3.8) is 0 Å². The Labute approximate surface area is 194 Å². The molecule has 1 N–H and O–H groups in total. The molecule has 0 amide bonds. The van der Waals surface area contributed by atoms with E-state index in [0.717, 1.165) is 11.4 Å². The predicted octanol–water partition coefficient (Wildman–Crippen LogP) is 4.25. The molecule has 2 aromatic heterocycles. The molecule has 0 aliphatic carbocycles. The third kappa shape index (κ3) is 17.1. The molecule has 0 aliphatic heterocycles. The number of aliphatic hydroxyl groups is 1. The lowest BCUT2D eigenvalue weighted by Crippen LogP contribution is -2.12. The van der Waals surface area contributed by atoms with Crippen LogP contribution >= 0.6 is 34.8 Å². The molecule has 0 fully saturated rings. The minimum absolute atomic E-state index is 0.0235. The van der Waals surface area contributed by atoms with Gasteiger partial charge in [0.25, 0.3) is 0 Å². The Hall–Kier alpha value is -2.27. The highest BCUT2D eigenvalue weighted by Crippen LogP contribution is 2.02. The van der Waals surface area contributed by atoms with Crippen LogP contribution in [-0.2, 0) is 27.4 Å². The largest absolute Gasteiger partial charge is 0.510 e. The summed E-state index contributed by atoms with van der Waals surface area (Å²) in [6.07, 6.45) is -0.820. The molecule has 0 aliphatic rings. The Morgan fingerprint density at radius 2 is 1.39 bits per heavy atom. The zero-order valence-corrected chi connectivity index (χ0v) is 19.6. The summed E-state index contributed by atoms with van der Waals surface area (Å²) in [6.45, 7) is 6.69. The Morgan fingerprint density at radius 3 is 1.71 bits per heavy atom. The molecule has 0 saturated heterocycles. The summed E-state index contributed by atoms with van der Waals surface area (Å²) >= 11 is 15.3. The standard InChI is InChI=1S/C9H11ClN2O3.C6H8N2O.C3H4Cl2O2/c1-6-3-4-8(12-11-6)5-14-9(13)15-7(2)10;1-5-2-3-6(4-9)8-7-5;1-2(4)7-3(5)6/h3-4,7H,5H2,1-2H3;2-3,9H,4H2,1H3;2H,1H3. The summed E-state index contributed by atoms with van der Waals surface area (Å²) in [4.78, 5) is 20.6. The first-order chi connectivity index (χ1) is 14.5. The van der Waals surface area contributed by atoms with Crippen LogP contribution in [0.2, 0.25) is 0 Å². The molecule has 2 atom stereocenters. The van der Waals surface area contributed by atoms with Gasteiger partial charge in [0.2, 0.25) is 0 Å². The Kier molecular flexibility index (Phi) is 15.2. The van der Waals surface area contributed by atoms with Gasteiger partial charge in [-0.2, -0.15) is 20.4 Å². The lowest BCUT2D eigenvalue weighted by atomic mass is 10.3. The third-order valence-corrected chi connectivity index (χ3v) is 2.99. The van der Waals surface area contributed by atoms with Crippen molar-refractivity contribution >= 4 is 46.4 Å². The van der Waals surface area contributed by atoms with E-state index in [0.29, 0.717) is 11.4 Å². The number of halogens is 3. The molecular weight excluding hydrogens is 475 g/mol. The van der Waals surface area contributed by atoms with E-state index in [2.05, 4.69) is 29.9 Å². The lowest BCUT2D eigenvalue weighted by molar-refractivity contribution is 0.0435. The van der Waals surface area contributed by atoms with Gasteiger partial charge in [-0.3, -0.25) is 0 Å². The molecule has 2 heterocycles. The number of ether oxygens (including phenoxy) is 3. The SMILES string of the molecule is CC(Cl)OC(=O)Cl.Cc1ccc(CO)nn1.Cc1ccc(COC(=O)OC(C)Cl)nn1. The third-order valence-electron chi connectivity index (χ3n) is 2.72. The van der Waals surface area contributed by atoms with Gasteiger partial charge in [-0.15, -0.1) is 0 Å². The van der Waals surface area contributed by atoms with Gasteiger partial charge < -0.3 is 19.3 Å². The number of hydrogen-bond donors (Lipinski definition) is 1. The number of aliphatic hydroxyl groups excluding tert-OH is 1. The van der Waals surface area contributed by atoms with Crippen LogP contribution in [0.25, 0.3) is 0 Å². The van der Waals surface area contributed by atoms with E-state index in [9.17, 15) is 9.59 Å². The van der Waals surface area contributed by atoms with Gasteiger partial charge in [0.05, 0.1) is 23.7 Å². The van der Waals surface area contributed by atoms with Crippen LogP contribution in [0.4, 0.5) is 9.59 Å². The molecule has 0 spiro atoms. The number of hydrogen-bond acceptors (Lipinski definition) is 10. The molecule has 2 rings (SSSR count). The maximum Gasteiger partial charge on any atom is 0.510 e. The maximum absolute atomic E-state index is 10.9. The monoisotopic (exact) mass is 496 g/mol. The number of alkyl halides is 2. The van der Waals surface area contributed by atoms with Gasteiger partial charge in [0.1, 0.15) is 12.3 Å². The Morgan fingerprint density at radius 1 is 0.903 bits per heavy atom. The highest BCUT2D eigenvalue weighted by Gasteiger charge is 2.08. The average Bonchev–Trinajstić information content (AvgIpc) is 2.67. The van der Waals surface area contributed by atoms with Gasteiger partial charge in [0, 0.05) is 11.6 Å². The summed E-state index contributed by atoms with van der Waals surface area (Å²) in [5.41, 5.74) is 0.623. The molecule has 172 valence electrons. The van der Waals surface area contributed by atoms with E-state index in [4.69, 9.17) is 44.6 Å². The Balaban J connectivity index is 0.000000479. The number of aryl methyl sites for hydroxylation is 2. The van der Waals surface area contributed by atoms with Crippen molar-refractivity contribution in [2.24, 2.45) is 0 Å². The summed E-state index contributed by atoms with van der Waals surface area (Å²) in [6, 6.07) is 7.07. The van der Waals surface area contributed by atoms with E-state index < -0.39 is 22.7 Å². The predicted molar refractivity (Wildman–Crippen MR) is 114 cm³/mol. The fraction of sp³-hybridized carbons (Fsp3) is 0.444. The average molecular weight is 498 g/mol. The highest BCUT2D eigenvalue weighted by atomic mass is 35.5. The van der Waals surface area contributed by atoms with Crippen LogP contribution in [0.5, 0.6) is 0 Å². The number of aromatic nitrogens is 4. The van der Waals surface area contributed by atoms with Crippen molar-refractivity contribution < 1.29 is 28.9 Å². The van der Waals surface area contributed by atoms with Crippen molar-refractivity contribution in [3.05, 3.63) is 47.0 Å². The first-order valence-corrected chi connectivity index (χ1v) is 9.95. The van der Waals surface area contributed by atoms with Gasteiger partial charge in [-0.25, -0.2) is 9.59 Å². The summed E-state index contributed by atoms with van der Waals surface area (Å²) in [5.74, 6) is 0. The number of carbonyl (C=O) groups is 2. The molecule has 0 aromatic carbocycles. The first-order valence-electron chi connectivity index (χ1n) is 8.70. The molecule has 31 heavy (non-hydrogen) atoms. The molecule has 2 unspecified atom stereocenters. The van der Waals surface area contributed by atoms with Crippen LogP contribution in [0.3, 0.4) is 0 Å². The molecule has 10 nitrogen and oxygen atoms in total. The van der Waals surface area contributed by atoms with E-state index in [-0.39, 0.29) is 13.2 Å². The van der Waals surface area contributed by atoms with Crippen LogP contribution in [0.15, 0.2) is 24.3 Å². The minimum atomic E-state index is -0.873. The second-order valence-electron chi connectivity index (χ2n) is 5.59. The van der Waals surface area contributed by atoms with Crippen LogP contribution in [0, 0.1) is 13.8 Å². The van der Waals surface area contributed by atoms with Gasteiger partial charge >= 0.3 is 11.6 Å². The van der Waals surface area contributed by atoms with Crippen molar-refractivity contribution in [1.82, 2.24) is 20.4 Å². The van der Waals surface area contributed by atoms with E-state index in [1.807, 2.05) is 19.9 Å². The van der Waals surface area contributed by atoms with Crippen LogP contribution in [-0.4, -0.2) is 48.2 Å². The van der Waals surface area contributed by atoms with E-state index in [1.54, 1.807) is 18.2 Å². The summed E-state index contributed by atoms with van der Waals surface area (Å²) < 4.78 is 13.4. The molecule has 0 radical (unpaired) electrons. The number of nitrogens with zero attached hydrogens (tertiary/aromatic N) is 4. The zero-order valence-electron chi connectivity index (χ0n) is 17.3. The highest BCUT2D eigenvalue weighted by molar-refractivity contribution is 6.61. The molecule has 0 saturated carbocycles. The molecule has 13 heteroatoms. The van der Waals surface area contributed by atoms with E-state index in [1.165, 1.54) is 13.8 Å². The molecule has 2 aromatic rings. The van der Waals surface area contributed by atoms with Crippen molar-refractivity contribution in [3.8, 4) is 0 Å². The number of rotatable bonds is 5. The van der Waals surface area contributed by atoms with Gasteiger partial charge in [-0.1, -0.05) is 23.2 Å². The lowest BCUT2D eigenvalue weighted by Gasteiger charge is -2.06. The topological polar surface area (TPSA) is 134 Å². The molecular formula is C18H23Cl3N4O6. The Bertz CT molecular complexity index is 777. The minimum Gasteiger partial charge on any atom is -0.434 e. The fourth-order valence-electron chi connectivity index (χ4n) is 1.44. The fourth-order valence-corrected chi connectivity index (χ4v) is 1.77. The van der Waals surface area contributed by atoms with Crippen LogP contribution in [0.1, 0.15) is 36.6 Å². The number of carbonyl (C=O) groups excluding carboxylic acids is 2.